The molecule has 3 fully saturated rings. The van der Waals surface area contributed by atoms with Crippen molar-refractivity contribution in [3.05, 3.63) is 41.6 Å². The summed E-state index contributed by atoms with van der Waals surface area (Å²) < 4.78 is 9.27. The van der Waals surface area contributed by atoms with Gasteiger partial charge in [0.05, 0.1) is 17.4 Å². The van der Waals surface area contributed by atoms with Crippen LogP contribution in [0.1, 0.15) is 36.4 Å². The maximum absolute atomic E-state index is 4.68. The van der Waals surface area contributed by atoms with Crippen LogP contribution >= 0.6 is 23.5 Å². The molecule has 3 nitrogen and oxygen atoms in total. The Morgan fingerprint density at radius 3 is 2.70 bits per heavy atom. The molecule has 4 heterocycles. The number of benzene rings is 1. The zero-order valence-corrected chi connectivity index (χ0v) is 15.0. The first-order valence-electron chi connectivity index (χ1n) is 8.61. The molecule has 0 radical (unpaired) electrons. The van der Waals surface area contributed by atoms with Crippen LogP contribution in [0.15, 0.2) is 35.4 Å². The van der Waals surface area contributed by atoms with Crippen LogP contribution < -0.4 is 0 Å². The molecule has 0 aliphatic carbocycles. The van der Waals surface area contributed by atoms with Gasteiger partial charge in [0.15, 0.2) is 0 Å². The van der Waals surface area contributed by atoms with E-state index in [4.69, 9.17) is 0 Å². The van der Waals surface area contributed by atoms with Gasteiger partial charge in [0.25, 0.3) is 0 Å². The predicted octanol–water partition coefficient (Wildman–Crippen LogP) is 4.07. The second kappa shape index (κ2) is 7.32. The van der Waals surface area contributed by atoms with Crippen molar-refractivity contribution in [3.8, 4) is 0 Å². The average molecular weight is 346 g/mol. The van der Waals surface area contributed by atoms with E-state index in [1.54, 1.807) is 0 Å². The largest absolute Gasteiger partial charge is 0.303 e. The topological polar surface area (TPSA) is 29.0 Å². The molecule has 1 unspecified atom stereocenters. The Labute approximate surface area is 146 Å². The quantitative estimate of drug-likeness (QED) is 0.583. The molecule has 23 heavy (non-hydrogen) atoms. The van der Waals surface area contributed by atoms with Crippen molar-refractivity contribution in [1.29, 1.82) is 0 Å². The molecular weight excluding hydrogens is 322 g/mol. The molecule has 0 amide bonds. The van der Waals surface area contributed by atoms with Crippen molar-refractivity contribution in [2.75, 3.05) is 25.4 Å². The lowest BCUT2D eigenvalue weighted by molar-refractivity contribution is 0.0846. The first-order chi connectivity index (χ1) is 11.4. The molecule has 1 aromatic carbocycles. The average Bonchev–Trinajstić information content (AvgIpc) is 3.09. The lowest BCUT2D eigenvalue weighted by atomic mass is 9.78. The summed E-state index contributed by atoms with van der Waals surface area (Å²) in [4.78, 5) is 2.61. The van der Waals surface area contributed by atoms with Gasteiger partial charge in [-0.15, -0.1) is 11.8 Å². The molecule has 0 N–H and O–H groups in total. The molecule has 5 heteroatoms. The summed E-state index contributed by atoms with van der Waals surface area (Å²) in [5, 5.41) is 1.21. The third kappa shape index (κ3) is 3.62. The molecule has 3 saturated heterocycles. The molecule has 3 aliphatic rings. The number of rotatable bonds is 6. The maximum Gasteiger partial charge on any atom is 0.134 e. The number of fused-ring (bicyclic) bond motifs is 3. The van der Waals surface area contributed by atoms with Crippen molar-refractivity contribution in [2.24, 2.45) is 5.92 Å². The van der Waals surface area contributed by atoms with Gasteiger partial charge in [-0.25, -0.2) is 0 Å². The fourth-order valence-corrected chi connectivity index (χ4v) is 5.59. The fourth-order valence-electron chi connectivity index (χ4n) is 3.88. The van der Waals surface area contributed by atoms with Gasteiger partial charge >= 0.3 is 0 Å². The molecule has 0 spiro atoms. The van der Waals surface area contributed by atoms with Gasteiger partial charge in [-0.05, 0) is 56.0 Å². The summed E-state index contributed by atoms with van der Waals surface area (Å²) in [5.41, 5.74) is 2.73. The standard InChI is InChI=1S/C18H23N3S2/c1-2-5-14(6-3-1)7-4-12-22-18-17(19-23-20-18)16-13-21-10-8-15(16)9-11-21/h1-3,5-6,15-16H,4,7-13H2. The van der Waals surface area contributed by atoms with Crippen LogP contribution in [0.3, 0.4) is 0 Å². The summed E-state index contributed by atoms with van der Waals surface area (Å²) in [6.07, 6.45) is 5.05. The zero-order chi connectivity index (χ0) is 15.5. The van der Waals surface area contributed by atoms with Gasteiger partial charge in [0.2, 0.25) is 0 Å². The number of thioether (sulfide) groups is 1. The van der Waals surface area contributed by atoms with E-state index < -0.39 is 0 Å². The van der Waals surface area contributed by atoms with E-state index in [-0.39, 0.29) is 0 Å². The van der Waals surface area contributed by atoms with Gasteiger partial charge < -0.3 is 4.90 Å². The Morgan fingerprint density at radius 2 is 1.96 bits per heavy atom. The van der Waals surface area contributed by atoms with Crippen LogP contribution in [0.4, 0.5) is 0 Å². The molecule has 2 bridgehead atoms. The lowest BCUT2D eigenvalue weighted by Crippen LogP contribution is -2.46. The first-order valence-corrected chi connectivity index (χ1v) is 10.3. The minimum Gasteiger partial charge on any atom is -0.303 e. The lowest BCUT2D eigenvalue weighted by Gasteiger charge is -2.44. The van der Waals surface area contributed by atoms with Gasteiger partial charge in [0.1, 0.15) is 5.03 Å². The molecule has 122 valence electrons. The summed E-state index contributed by atoms with van der Waals surface area (Å²) in [6, 6.07) is 10.8. The van der Waals surface area contributed by atoms with E-state index in [0.717, 1.165) is 18.1 Å². The molecular formula is C18H23N3S2. The van der Waals surface area contributed by atoms with Crippen molar-refractivity contribution in [3.63, 3.8) is 0 Å². The highest BCUT2D eigenvalue weighted by atomic mass is 32.2. The first kappa shape index (κ1) is 15.6. The van der Waals surface area contributed by atoms with E-state index in [9.17, 15) is 0 Å². The number of aryl methyl sites for hydroxylation is 1. The highest BCUT2D eigenvalue weighted by Crippen LogP contribution is 2.41. The Hall–Kier alpha value is -0.910. The number of hydrogen-bond acceptors (Lipinski definition) is 5. The Bertz CT molecular complexity index is 620. The number of nitrogens with zero attached hydrogens (tertiary/aromatic N) is 3. The Balaban J connectivity index is 1.33. The van der Waals surface area contributed by atoms with Crippen LogP contribution in [0.5, 0.6) is 0 Å². The molecule has 1 atom stereocenters. The molecule has 3 aliphatic heterocycles. The van der Waals surface area contributed by atoms with E-state index in [0.29, 0.717) is 5.92 Å². The minimum atomic E-state index is 0.632. The van der Waals surface area contributed by atoms with Crippen LogP contribution in [-0.4, -0.2) is 39.0 Å². The fraction of sp³-hybridized carbons (Fsp3) is 0.556. The van der Waals surface area contributed by atoms with Crippen molar-refractivity contribution in [2.45, 2.75) is 36.6 Å². The summed E-state index contributed by atoms with van der Waals surface area (Å²) in [6.45, 7) is 3.78. The second-order valence-electron chi connectivity index (χ2n) is 6.64. The van der Waals surface area contributed by atoms with E-state index in [1.807, 2.05) is 11.8 Å². The smallest absolute Gasteiger partial charge is 0.134 e. The molecule has 1 aromatic heterocycles. The van der Waals surface area contributed by atoms with Gasteiger partial charge in [-0.3, -0.25) is 0 Å². The van der Waals surface area contributed by atoms with Crippen LogP contribution in [0.2, 0.25) is 0 Å². The van der Waals surface area contributed by atoms with Crippen molar-refractivity contribution >= 4 is 23.5 Å². The predicted molar refractivity (Wildman–Crippen MR) is 97.3 cm³/mol. The van der Waals surface area contributed by atoms with Crippen LogP contribution in [0.25, 0.3) is 0 Å². The zero-order valence-electron chi connectivity index (χ0n) is 13.4. The van der Waals surface area contributed by atoms with Crippen LogP contribution in [0, 0.1) is 5.92 Å². The normalized spacial score (nSPS) is 26.5. The van der Waals surface area contributed by atoms with Gasteiger partial charge in [-0.2, -0.15) is 8.75 Å². The van der Waals surface area contributed by atoms with E-state index in [2.05, 4.69) is 44.0 Å². The highest BCUT2D eigenvalue weighted by molar-refractivity contribution is 7.99. The number of hydrogen-bond donors (Lipinski definition) is 0. The number of aromatic nitrogens is 2. The molecule has 0 saturated carbocycles. The van der Waals surface area contributed by atoms with Gasteiger partial charge in [-0.1, -0.05) is 30.3 Å². The monoisotopic (exact) mass is 345 g/mol. The summed E-state index contributed by atoms with van der Waals surface area (Å²) in [7, 11) is 0. The minimum absolute atomic E-state index is 0.632. The highest BCUT2D eigenvalue weighted by Gasteiger charge is 2.37. The van der Waals surface area contributed by atoms with Crippen molar-refractivity contribution < 1.29 is 0 Å². The SMILES string of the molecule is c1ccc(CCCSc2nsnc2C2CN3CCC2CC3)cc1. The van der Waals surface area contributed by atoms with Crippen molar-refractivity contribution in [1.82, 2.24) is 13.6 Å². The van der Waals surface area contributed by atoms with Crippen LogP contribution in [-0.2, 0) is 6.42 Å². The molecule has 5 rings (SSSR count). The number of piperidine rings is 3. The van der Waals surface area contributed by atoms with E-state index >= 15 is 0 Å². The maximum atomic E-state index is 4.68. The van der Waals surface area contributed by atoms with Gasteiger partial charge in [0, 0.05) is 12.5 Å². The second-order valence-corrected chi connectivity index (χ2v) is 8.25. The third-order valence-electron chi connectivity index (χ3n) is 5.18. The Morgan fingerprint density at radius 1 is 1.13 bits per heavy atom. The summed E-state index contributed by atoms with van der Waals surface area (Å²) >= 11 is 3.31. The van der Waals surface area contributed by atoms with E-state index in [1.165, 1.54) is 66.9 Å². The Kier molecular flexibility index (Phi) is 4.97. The third-order valence-corrected chi connectivity index (χ3v) is 6.91. The summed E-state index contributed by atoms with van der Waals surface area (Å²) in [5.74, 6) is 2.61. The molecule has 2 aromatic rings.